The summed E-state index contributed by atoms with van der Waals surface area (Å²) in [7, 11) is 0. The van der Waals surface area contributed by atoms with E-state index >= 15 is 0 Å². The fraction of sp³-hybridized carbons (Fsp3) is 0.962. The van der Waals surface area contributed by atoms with E-state index < -0.39 is 155 Å². The minimum Gasteiger partial charge on any atom is -0.394 e. The second-order valence-corrected chi connectivity index (χ2v) is 11.9. The van der Waals surface area contributed by atoms with E-state index in [1.54, 1.807) is 0 Å². The first-order chi connectivity index (χ1) is 22.7. The lowest BCUT2D eigenvalue weighted by Crippen LogP contribution is -2.69. The molecule has 0 unspecified atom stereocenters. The highest BCUT2D eigenvalue weighted by atomic mass is 16.8. The van der Waals surface area contributed by atoms with Crippen LogP contribution in [0.5, 0.6) is 0 Å². The van der Waals surface area contributed by atoms with Crippen LogP contribution >= 0.6 is 0 Å². The third-order valence-corrected chi connectivity index (χ3v) is 8.61. The summed E-state index contributed by atoms with van der Waals surface area (Å²) in [5.41, 5.74) is 0. The van der Waals surface area contributed by atoms with Crippen LogP contribution in [-0.4, -0.2) is 221 Å². The highest BCUT2D eigenvalue weighted by Crippen LogP contribution is 2.34. The fourth-order valence-corrected chi connectivity index (χ4v) is 5.95. The average Bonchev–Trinajstić information content (AvgIpc) is 3.06. The molecule has 14 N–H and O–H groups in total. The molecule has 0 bridgehead atoms. The number of aliphatic hydroxyl groups excluding tert-OH is 13. The zero-order valence-corrected chi connectivity index (χ0v) is 25.5. The van der Waals surface area contributed by atoms with Gasteiger partial charge in [-0.15, -0.1) is 0 Å². The number of carbonyl (C=O) groups excluding carboxylic acids is 1. The summed E-state index contributed by atoms with van der Waals surface area (Å²) in [4.78, 5) is 12.2. The van der Waals surface area contributed by atoms with Crippen LogP contribution in [0.2, 0.25) is 0 Å². The molecule has 1 amide bonds. The second kappa shape index (κ2) is 16.8. The van der Waals surface area contributed by atoms with E-state index in [9.17, 15) is 71.2 Å². The van der Waals surface area contributed by atoms with Crippen molar-refractivity contribution in [2.45, 2.75) is 130 Å². The van der Waals surface area contributed by atoms with E-state index in [0.29, 0.717) is 0 Å². The maximum Gasteiger partial charge on any atom is 0.217 e. The predicted molar refractivity (Wildman–Crippen MR) is 145 cm³/mol. The van der Waals surface area contributed by atoms with Crippen molar-refractivity contribution in [3.8, 4) is 0 Å². The van der Waals surface area contributed by atoms with E-state index in [4.69, 9.17) is 33.2 Å². The zero-order valence-electron chi connectivity index (χ0n) is 25.5. The predicted octanol–water partition coefficient (Wildman–Crippen LogP) is -9.61. The van der Waals surface area contributed by atoms with Crippen LogP contribution in [0.1, 0.15) is 6.92 Å². The number of nitrogens with one attached hydrogen (secondary N) is 1. The van der Waals surface area contributed by atoms with Gasteiger partial charge in [-0.05, 0) is 0 Å². The lowest BCUT2D eigenvalue weighted by molar-refractivity contribution is -0.380. The number of amides is 1. The Morgan fingerprint density at radius 2 is 0.958 bits per heavy atom. The third-order valence-electron chi connectivity index (χ3n) is 8.61. The van der Waals surface area contributed by atoms with Crippen molar-refractivity contribution in [1.82, 2.24) is 5.32 Å². The Balaban J connectivity index is 1.56. The molecule has 0 spiro atoms. The first-order valence-corrected chi connectivity index (χ1v) is 15.1. The molecule has 4 aliphatic rings. The molecule has 22 nitrogen and oxygen atoms in total. The maximum absolute atomic E-state index is 12.2. The van der Waals surface area contributed by atoms with Crippen LogP contribution in [0.25, 0.3) is 0 Å². The van der Waals surface area contributed by atoms with Gasteiger partial charge >= 0.3 is 0 Å². The van der Waals surface area contributed by atoms with Gasteiger partial charge in [0, 0.05) is 6.92 Å². The monoisotopic (exact) mass is 707 g/mol. The summed E-state index contributed by atoms with van der Waals surface area (Å²) in [6.45, 7) is -2.37. The molecule has 4 heterocycles. The SMILES string of the molecule is CC(=O)N[C@H]1[C@H](O[C@H]2[C@@H](O)[C@@H](CO)O[C@@H](O[C@H]3[C@H](O)[C@@H](O)[C@H](O)O[C@@H]3CO)[C@@H]2O)O[C@H](CO)[C@@H](O[C@@H]2O[C@H](CO)[C@H](O)[C@H](O)[C@H]2O)[C@@H]1O. The molecule has 4 saturated heterocycles. The van der Waals surface area contributed by atoms with Gasteiger partial charge in [-0.25, -0.2) is 0 Å². The first kappa shape index (κ1) is 39.5. The first-order valence-electron chi connectivity index (χ1n) is 15.1. The van der Waals surface area contributed by atoms with E-state index in [1.165, 1.54) is 0 Å². The molecule has 0 aromatic rings. The molecular formula is C26H45NO21. The average molecular weight is 708 g/mol. The number of carbonyl (C=O) groups is 1. The van der Waals surface area contributed by atoms with Gasteiger partial charge in [-0.2, -0.15) is 0 Å². The minimum absolute atomic E-state index is 0.755. The van der Waals surface area contributed by atoms with Gasteiger partial charge in [-0.3, -0.25) is 4.79 Å². The van der Waals surface area contributed by atoms with Gasteiger partial charge in [0.2, 0.25) is 5.91 Å². The Morgan fingerprint density at radius 1 is 0.500 bits per heavy atom. The van der Waals surface area contributed by atoms with Crippen molar-refractivity contribution in [3.05, 3.63) is 0 Å². The van der Waals surface area contributed by atoms with Crippen molar-refractivity contribution >= 4 is 5.91 Å². The molecule has 22 heteroatoms. The van der Waals surface area contributed by atoms with Gasteiger partial charge < -0.3 is 105 Å². The molecule has 0 aromatic carbocycles. The summed E-state index contributed by atoms with van der Waals surface area (Å²) in [5, 5.41) is 136. The number of hydrogen-bond donors (Lipinski definition) is 14. The Kier molecular flexibility index (Phi) is 13.8. The number of ether oxygens (including phenoxy) is 7. The lowest BCUT2D eigenvalue weighted by Gasteiger charge is -2.49. The van der Waals surface area contributed by atoms with Gasteiger partial charge in [0.1, 0.15) is 97.6 Å². The highest BCUT2D eigenvalue weighted by molar-refractivity contribution is 5.73. The third kappa shape index (κ3) is 8.08. The summed E-state index contributed by atoms with van der Waals surface area (Å²) < 4.78 is 38.5. The Labute approximate surface area is 272 Å². The lowest BCUT2D eigenvalue weighted by atomic mass is 9.94. The number of hydrogen-bond acceptors (Lipinski definition) is 21. The van der Waals surface area contributed by atoms with Gasteiger partial charge in [-0.1, -0.05) is 0 Å². The van der Waals surface area contributed by atoms with Gasteiger partial charge in [0.05, 0.1) is 26.4 Å². The quantitative estimate of drug-likeness (QED) is 0.0947. The van der Waals surface area contributed by atoms with Crippen molar-refractivity contribution in [2.75, 3.05) is 26.4 Å². The summed E-state index contributed by atoms with van der Waals surface area (Å²) in [6, 6.07) is -1.61. The molecule has 20 atom stereocenters. The normalized spacial score (nSPS) is 50.2. The van der Waals surface area contributed by atoms with Gasteiger partial charge in [0.25, 0.3) is 0 Å². The van der Waals surface area contributed by atoms with E-state index in [2.05, 4.69) is 5.32 Å². The Morgan fingerprint density at radius 3 is 1.50 bits per heavy atom. The van der Waals surface area contributed by atoms with Gasteiger partial charge in [0.15, 0.2) is 25.2 Å². The van der Waals surface area contributed by atoms with Crippen molar-refractivity contribution in [2.24, 2.45) is 0 Å². The fourth-order valence-electron chi connectivity index (χ4n) is 5.95. The Bertz CT molecular complexity index is 1030. The summed E-state index contributed by atoms with van der Waals surface area (Å²) in [5.74, 6) is -0.755. The second-order valence-electron chi connectivity index (χ2n) is 11.9. The molecule has 0 saturated carbocycles. The molecule has 280 valence electrons. The number of rotatable bonds is 11. The van der Waals surface area contributed by atoms with Crippen LogP contribution in [0.15, 0.2) is 0 Å². The Hall–Kier alpha value is -1.33. The van der Waals surface area contributed by atoms with Crippen molar-refractivity contribution in [3.63, 3.8) is 0 Å². The molecule has 4 fully saturated rings. The van der Waals surface area contributed by atoms with Crippen LogP contribution in [0.4, 0.5) is 0 Å². The molecular weight excluding hydrogens is 662 g/mol. The van der Waals surface area contributed by atoms with Crippen LogP contribution in [0.3, 0.4) is 0 Å². The summed E-state index contributed by atoms with van der Waals surface area (Å²) >= 11 is 0. The smallest absolute Gasteiger partial charge is 0.217 e. The highest BCUT2D eigenvalue weighted by Gasteiger charge is 2.55. The van der Waals surface area contributed by atoms with Crippen molar-refractivity contribution in [1.29, 1.82) is 0 Å². The number of aliphatic hydroxyl groups is 13. The largest absolute Gasteiger partial charge is 0.394 e. The van der Waals surface area contributed by atoms with Crippen molar-refractivity contribution < 1.29 is 104 Å². The van der Waals surface area contributed by atoms with E-state index in [0.717, 1.165) is 6.92 Å². The molecule has 4 aliphatic heterocycles. The molecule has 4 rings (SSSR count). The molecule has 0 aromatic heterocycles. The van der Waals surface area contributed by atoms with E-state index in [1.807, 2.05) is 0 Å². The van der Waals surface area contributed by atoms with E-state index in [-0.39, 0.29) is 0 Å². The standard InChI is InChI=1S/C26H45NO21/c1-6(32)27-11-14(35)20(46-25-18(39)15(36)12(33)7(2-28)43-25)10(5-31)45-24(11)48-22-13(34)8(3-29)44-26(19(22)40)47-21-9(4-30)42-23(41)17(38)16(21)37/h7-26,28-31,33-41H,2-5H2,1H3,(H,27,32)/t7-,8-,9-,10-,11-,12+,13+,14-,15+,16-,17-,18-,19-,20-,21-,22+,23-,24+,25+,26+/m1/s1. The zero-order chi connectivity index (χ0) is 35.6. The van der Waals surface area contributed by atoms with Crippen LogP contribution in [-0.2, 0) is 38.0 Å². The maximum atomic E-state index is 12.2. The molecule has 0 aliphatic carbocycles. The topological polar surface area (TPSA) is 357 Å². The minimum atomic E-state index is -2.02. The van der Waals surface area contributed by atoms with Crippen LogP contribution in [0, 0.1) is 0 Å². The summed E-state index contributed by atoms with van der Waals surface area (Å²) in [6.07, 6.45) is -33.5. The molecule has 48 heavy (non-hydrogen) atoms. The van der Waals surface area contributed by atoms with Crippen LogP contribution < -0.4 is 5.32 Å². The molecule has 0 radical (unpaired) electrons.